The number of hydrogen-bond acceptors (Lipinski definition) is 9. The third-order valence-electron chi connectivity index (χ3n) is 4.41. The van der Waals surface area contributed by atoms with Gasteiger partial charge in [-0.2, -0.15) is 8.78 Å². The van der Waals surface area contributed by atoms with Crippen LogP contribution in [0.15, 0.2) is 21.9 Å². The van der Waals surface area contributed by atoms with E-state index in [0.29, 0.717) is 0 Å². The molecule has 3 rings (SSSR count). The van der Waals surface area contributed by atoms with Gasteiger partial charge in [-0.15, -0.1) is 0 Å². The molecule has 176 valence electrons. The molecule has 1 aromatic heterocycles. The number of nitrogens with zero attached hydrogens (tertiary/aromatic N) is 1. The molecule has 5 N–H and O–H groups in total. The molecular weight excluding hydrogens is 476 g/mol. The lowest BCUT2D eigenvalue weighted by molar-refractivity contribution is -0.226. The van der Waals surface area contributed by atoms with Gasteiger partial charge in [-0.1, -0.05) is 0 Å². The number of aliphatic hydroxyl groups is 1. The molecule has 2 saturated heterocycles. The minimum atomic E-state index is -6.45. The predicted octanol–water partition coefficient (Wildman–Crippen LogP) is -0.798. The van der Waals surface area contributed by atoms with Crippen LogP contribution in [0.4, 0.5) is 8.78 Å². The zero-order valence-corrected chi connectivity index (χ0v) is 17.5. The van der Waals surface area contributed by atoms with Crippen molar-refractivity contribution < 1.29 is 56.4 Å². The van der Waals surface area contributed by atoms with Gasteiger partial charge in [-0.25, -0.2) is 4.79 Å². The van der Waals surface area contributed by atoms with Gasteiger partial charge in [0.1, 0.15) is 18.3 Å². The molecule has 14 nitrogen and oxygen atoms in total. The van der Waals surface area contributed by atoms with Crippen molar-refractivity contribution in [1.82, 2.24) is 9.55 Å². The maximum Gasteiger partial charge on any atom is 0.443 e. The Morgan fingerprint density at radius 3 is 2.35 bits per heavy atom. The van der Waals surface area contributed by atoms with E-state index in [-0.39, 0.29) is 0 Å². The summed E-state index contributed by atoms with van der Waals surface area (Å²) in [6.07, 6.45) is -7.38. The van der Waals surface area contributed by atoms with Crippen molar-refractivity contribution in [3.63, 3.8) is 0 Å². The molecule has 2 fully saturated rings. The molecule has 0 aromatic carbocycles. The second kappa shape index (κ2) is 7.63. The lowest BCUT2D eigenvalue weighted by Gasteiger charge is -2.29. The highest BCUT2D eigenvalue weighted by atomic mass is 31.2. The molecule has 2 unspecified atom stereocenters. The second-order valence-corrected chi connectivity index (χ2v) is 11.0. The number of aromatic nitrogens is 2. The van der Waals surface area contributed by atoms with Crippen LogP contribution in [0, 0.1) is 0 Å². The Balaban J connectivity index is 1.92. The normalized spacial score (nSPS) is 31.2. The van der Waals surface area contributed by atoms with Crippen LogP contribution in [0.25, 0.3) is 0 Å². The van der Waals surface area contributed by atoms with Gasteiger partial charge >= 0.3 is 26.3 Å². The summed E-state index contributed by atoms with van der Waals surface area (Å²) in [5.74, 6) is -1.33. The van der Waals surface area contributed by atoms with Crippen LogP contribution in [-0.2, 0) is 27.9 Å². The van der Waals surface area contributed by atoms with E-state index in [4.69, 9.17) is 24.0 Å². The molecule has 2 aliphatic rings. The summed E-state index contributed by atoms with van der Waals surface area (Å²) >= 11 is 0. The Hall–Kier alpha value is -1.32. The van der Waals surface area contributed by atoms with Gasteiger partial charge in [0, 0.05) is 12.3 Å². The zero-order chi connectivity index (χ0) is 23.6. The fourth-order valence-electron chi connectivity index (χ4n) is 3.12. The Labute approximate surface area is 171 Å². The molecule has 0 bridgehead atoms. The maximum atomic E-state index is 13.7. The summed E-state index contributed by atoms with van der Waals surface area (Å²) in [6, 6.07) is 0.962. The van der Waals surface area contributed by atoms with Crippen LogP contribution < -0.4 is 11.2 Å². The number of aliphatic hydroxyl groups excluding tert-OH is 1. The monoisotopic (exact) mass is 494 g/mol. The molecule has 3 heterocycles. The van der Waals surface area contributed by atoms with Crippen LogP contribution in [0.2, 0.25) is 0 Å². The van der Waals surface area contributed by atoms with E-state index >= 15 is 0 Å². The molecule has 0 amide bonds. The summed E-state index contributed by atoms with van der Waals surface area (Å²) in [4.78, 5) is 52.0. The van der Waals surface area contributed by atoms with Gasteiger partial charge in [-0.3, -0.25) is 28.0 Å². The largest absolute Gasteiger partial charge is 0.443 e. The molecule has 6 atom stereocenters. The van der Waals surface area contributed by atoms with Gasteiger partial charge in [0.15, 0.2) is 18.3 Å². The standard InChI is InChI=1S/C13H18F2N2O12P2/c1-12(2)27-6-7(28-12)9(17-4-3-5(18)16-11(17)20)26-8(6)10(19)29-31(24,25)13(14,15)30(21,22)23/h3-4,6-10,19H,1-2H3,(H,24,25)(H,16,18,20)(H2,21,22,23)/t6-,7+,8-,9+,10?/m0/s1. The number of fused-ring (bicyclic) bond motifs is 1. The van der Waals surface area contributed by atoms with Gasteiger partial charge in [0.05, 0.1) is 0 Å². The summed E-state index contributed by atoms with van der Waals surface area (Å²) in [7, 11) is -12.9. The third-order valence-corrected chi connectivity index (χ3v) is 7.84. The SMILES string of the molecule is CC1(C)O[C@@H]2[C@H](O1)[C@@H](C(O)OP(=O)(O)C(F)(F)P(=O)(O)O)O[C@H]2n1ccc(=O)[nH]c1=O. The number of aromatic amines is 1. The minimum absolute atomic E-state index is 0.736. The highest BCUT2D eigenvalue weighted by molar-refractivity contribution is 7.72. The molecule has 0 saturated carbocycles. The van der Waals surface area contributed by atoms with E-state index in [9.17, 15) is 37.5 Å². The molecule has 0 spiro atoms. The van der Waals surface area contributed by atoms with Crippen LogP contribution in [-0.4, -0.2) is 65.1 Å². The van der Waals surface area contributed by atoms with Crippen molar-refractivity contribution in [3.05, 3.63) is 33.1 Å². The van der Waals surface area contributed by atoms with Crippen molar-refractivity contribution in [2.24, 2.45) is 0 Å². The first-order valence-corrected chi connectivity index (χ1v) is 11.6. The van der Waals surface area contributed by atoms with Crippen LogP contribution in [0.3, 0.4) is 0 Å². The summed E-state index contributed by atoms with van der Waals surface area (Å²) in [6.45, 7) is 2.86. The first kappa shape index (κ1) is 24.3. The number of ether oxygens (including phenoxy) is 3. The van der Waals surface area contributed by atoms with Crippen molar-refractivity contribution in [1.29, 1.82) is 0 Å². The number of nitrogens with one attached hydrogen (secondary N) is 1. The highest BCUT2D eigenvalue weighted by Crippen LogP contribution is 2.73. The fraction of sp³-hybridized carbons (Fsp3) is 0.692. The Bertz CT molecular complexity index is 1070. The Morgan fingerprint density at radius 1 is 1.23 bits per heavy atom. The van der Waals surface area contributed by atoms with E-state index in [1.165, 1.54) is 13.8 Å². The topological polar surface area (TPSA) is 207 Å². The van der Waals surface area contributed by atoms with Crippen molar-refractivity contribution >= 4 is 15.2 Å². The van der Waals surface area contributed by atoms with E-state index in [1.54, 1.807) is 0 Å². The third kappa shape index (κ3) is 4.33. The van der Waals surface area contributed by atoms with Crippen molar-refractivity contribution in [2.45, 2.75) is 55.9 Å². The number of halogens is 2. The van der Waals surface area contributed by atoms with Crippen molar-refractivity contribution in [2.75, 3.05) is 0 Å². The molecule has 0 radical (unpaired) electrons. The minimum Gasteiger partial charge on any atom is -0.365 e. The molecule has 31 heavy (non-hydrogen) atoms. The van der Waals surface area contributed by atoms with Crippen LogP contribution in [0.1, 0.15) is 20.1 Å². The predicted molar refractivity (Wildman–Crippen MR) is 93.0 cm³/mol. The van der Waals surface area contributed by atoms with Gasteiger partial charge in [0.25, 0.3) is 5.56 Å². The maximum absolute atomic E-state index is 13.7. The lowest BCUT2D eigenvalue weighted by Crippen LogP contribution is -2.40. The smallest absolute Gasteiger partial charge is 0.365 e. The molecule has 18 heteroatoms. The Morgan fingerprint density at radius 2 is 1.81 bits per heavy atom. The summed E-state index contributed by atoms with van der Waals surface area (Å²) < 4.78 is 71.4. The van der Waals surface area contributed by atoms with Crippen LogP contribution >= 0.6 is 15.2 Å². The number of H-pyrrole nitrogens is 1. The quantitative estimate of drug-likeness (QED) is 0.243. The first-order valence-electron chi connectivity index (χ1n) is 8.42. The second-order valence-electron chi connectivity index (χ2n) is 7.14. The molecular formula is C13H18F2N2O12P2. The summed E-state index contributed by atoms with van der Waals surface area (Å²) in [5, 5.41) is 4.64. The lowest BCUT2D eigenvalue weighted by atomic mass is 10.1. The van der Waals surface area contributed by atoms with E-state index in [2.05, 4.69) is 4.52 Å². The van der Waals surface area contributed by atoms with E-state index in [1.807, 2.05) is 4.98 Å². The average Bonchev–Trinajstić information content (AvgIpc) is 3.06. The van der Waals surface area contributed by atoms with Crippen LogP contribution in [0.5, 0.6) is 0 Å². The molecule has 2 aliphatic heterocycles. The highest BCUT2D eigenvalue weighted by Gasteiger charge is 2.67. The van der Waals surface area contributed by atoms with Gasteiger partial charge < -0.3 is 34.0 Å². The van der Waals surface area contributed by atoms with Gasteiger partial charge in [0.2, 0.25) is 0 Å². The Kier molecular flexibility index (Phi) is 5.98. The first-order chi connectivity index (χ1) is 14.0. The fourth-order valence-corrected chi connectivity index (χ4v) is 5.12. The molecule has 1 aromatic rings. The number of rotatable bonds is 6. The molecule has 0 aliphatic carbocycles. The zero-order valence-electron chi connectivity index (χ0n) is 15.7. The number of alkyl halides is 2. The van der Waals surface area contributed by atoms with E-state index < -0.39 is 68.5 Å². The summed E-state index contributed by atoms with van der Waals surface area (Å²) in [5.41, 5.74) is -1.69. The van der Waals surface area contributed by atoms with Gasteiger partial charge in [-0.05, 0) is 13.8 Å². The average molecular weight is 494 g/mol. The van der Waals surface area contributed by atoms with E-state index in [0.717, 1.165) is 16.8 Å². The number of hydrogen-bond donors (Lipinski definition) is 5. The van der Waals surface area contributed by atoms with Crippen molar-refractivity contribution in [3.8, 4) is 0 Å².